The Labute approximate surface area is 226 Å². The summed E-state index contributed by atoms with van der Waals surface area (Å²) in [5.41, 5.74) is 1.66. The number of carbonyl (C=O) groups is 2. The van der Waals surface area contributed by atoms with Crippen molar-refractivity contribution in [2.75, 3.05) is 0 Å². The Hall–Kier alpha value is -4.06. The fourth-order valence-electron chi connectivity index (χ4n) is 4.04. The summed E-state index contributed by atoms with van der Waals surface area (Å²) in [6.07, 6.45) is 0. The molecule has 5 aromatic rings. The van der Waals surface area contributed by atoms with Crippen LogP contribution in [-0.4, -0.2) is 11.6 Å². The van der Waals surface area contributed by atoms with Crippen LogP contribution in [-0.2, 0) is 10.9 Å². The zero-order valence-corrected chi connectivity index (χ0v) is 21.5. The molecule has 6 heteroatoms. The predicted molar refractivity (Wildman–Crippen MR) is 146 cm³/mol. The summed E-state index contributed by atoms with van der Waals surface area (Å²) in [5.74, 6) is -1.13. The van der Waals surface area contributed by atoms with E-state index in [0.717, 1.165) is 14.7 Å². The van der Waals surface area contributed by atoms with E-state index in [9.17, 15) is 18.4 Å². The Kier molecular flexibility index (Phi) is 7.50. The molecule has 0 N–H and O–H groups in total. The van der Waals surface area contributed by atoms with Crippen LogP contribution in [0.15, 0.2) is 136 Å². The number of carbonyl (C=O) groups excluding carboxylic acids is 2. The second-order valence-electron chi connectivity index (χ2n) is 8.46. The lowest BCUT2D eigenvalue weighted by molar-refractivity contribution is 0.102. The lowest BCUT2D eigenvalue weighted by Gasteiger charge is -2.10. The molecule has 2 nitrogen and oxygen atoms in total. The highest BCUT2D eigenvalue weighted by atomic mass is 35.5. The lowest BCUT2D eigenvalue weighted by Crippen LogP contribution is -2.07. The van der Waals surface area contributed by atoms with Crippen LogP contribution < -0.4 is 0 Å². The zero-order valence-electron chi connectivity index (χ0n) is 19.9. The first-order valence-corrected chi connectivity index (χ1v) is 13.3. The quantitative estimate of drug-likeness (QED) is 0.154. The van der Waals surface area contributed by atoms with Gasteiger partial charge in [-0.05, 0) is 84.9 Å². The first kappa shape index (κ1) is 25.6. The van der Waals surface area contributed by atoms with Crippen molar-refractivity contribution in [2.45, 2.75) is 14.7 Å². The van der Waals surface area contributed by atoms with Gasteiger partial charge in [0.15, 0.2) is 26.3 Å². The molecule has 0 amide bonds. The molecule has 38 heavy (non-hydrogen) atoms. The lowest BCUT2D eigenvalue weighted by atomic mass is 9.98. The fourth-order valence-corrected chi connectivity index (χ4v) is 6.35. The average Bonchev–Trinajstić information content (AvgIpc) is 2.95. The van der Waals surface area contributed by atoms with Crippen LogP contribution in [0, 0.1) is 11.6 Å². The van der Waals surface area contributed by atoms with Gasteiger partial charge in [-0.2, -0.15) is 0 Å². The van der Waals surface area contributed by atoms with Crippen molar-refractivity contribution >= 4 is 34.1 Å². The van der Waals surface area contributed by atoms with E-state index in [1.54, 1.807) is 72.8 Å². The molecule has 0 spiro atoms. The Bertz CT molecular complexity index is 1560. The molecule has 0 aromatic heterocycles. The summed E-state index contributed by atoms with van der Waals surface area (Å²) in [4.78, 5) is 28.6. The van der Waals surface area contributed by atoms with Gasteiger partial charge in [-0.1, -0.05) is 48.0 Å². The van der Waals surface area contributed by atoms with E-state index in [1.165, 1.54) is 30.3 Å². The first-order chi connectivity index (χ1) is 18.4. The average molecular weight is 542 g/mol. The van der Waals surface area contributed by atoms with Crippen LogP contribution in [0.25, 0.3) is 0 Å². The standard InChI is InChI=1S/C32H20ClF2O2S/c33-30-20-23(31(36)21-4-2-1-3-5-21)8-19-29(30)32(37)22-6-13-26(14-7-22)38(27-15-9-24(34)10-16-27)28-17-11-25(35)12-18-28/h1-20H/q+1. The van der Waals surface area contributed by atoms with Gasteiger partial charge in [0.05, 0.1) is 15.9 Å². The largest absolute Gasteiger partial charge is 0.289 e. The van der Waals surface area contributed by atoms with E-state index in [2.05, 4.69) is 0 Å². The third-order valence-corrected chi connectivity index (χ3v) is 8.51. The zero-order chi connectivity index (χ0) is 26.6. The maximum Gasteiger partial charge on any atom is 0.194 e. The Morgan fingerprint density at radius 1 is 0.526 bits per heavy atom. The molecular weight excluding hydrogens is 522 g/mol. The molecule has 0 saturated carbocycles. The maximum atomic E-state index is 13.6. The SMILES string of the molecule is O=C(c1ccccc1)c1ccc(C(=O)c2ccc([S+](c3ccc(F)cc3)c3ccc(F)cc3)cc2)c(Cl)c1. The molecule has 0 aliphatic rings. The molecule has 0 aliphatic carbocycles. The Balaban J connectivity index is 1.43. The van der Waals surface area contributed by atoms with Crippen molar-refractivity contribution in [3.05, 3.63) is 160 Å². The fraction of sp³-hybridized carbons (Fsp3) is 0. The summed E-state index contributed by atoms with van der Waals surface area (Å²) < 4.78 is 27.2. The van der Waals surface area contributed by atoms with Crippen LogP contribution in [0.3, 0.4) is 0 Å². The normalized spacial score (nSPS) is 10.9. The van der Waals surface area contributed by atoms with Gasteiger partial charge in [-0.25, -0.2) is 8.78 Å². The van der Waals surface area contributed by atoms with Crippen molar-refractivity contribution in [1.29, 1.82) is 0 Å². The minimum Gasteiger partial charge on any atom is -0.289 e. The Morgan fingerprint density at radius 3 is 1.47 bits per heavy atom. The van der Waals surface area contributed by atoms with Crippen LogP contribution in [0.1, 0.15) is 31.8 Å². The Morgan fingerprint density at radius 2 is 0.974 bits per heavy atom. The third-order valence-electron chi connectivity index (χ3n) is 5.96. The minimum atomic E-state index is -0.636. The maximum absolute atomic E-state index is 13.6. The predicted octanol–water partition coefficient (Wildman–Crippen LogP) is 8.18. The molecule has 5 rings (SSSR count). The molecule has 0 saturated heterocycles. The summed E-state index contributed by atoms with van der Waals surface area (Å²) in [6.45, 7) is 0. The van der Waals surface area contributed by atoms with Crippen molar-refractivity contribution in [1.82, 2.24) is 0 Å². The van der Waals surface area contributed by atoms with Crippen LogP contribution >= 0.6 is 11.6 Å². The molecule has 0 radical (unpaired) electrons. The van der Waals surface area contributed by atoms with E-state index in [1.807, 2.05) is 18.2 Å². The highest BCUT2D eigenvalue weighted by molar-refractivity contribution is 7.97. The van der Waals surface area contributed by atoms with Crippen LogP contribution in [0.4, 0.5) is 8.78 Å². The number of halogens is 3. The third kappa shape index (κ3) is 5.44. The number of benzene rings is 5. The first-order valence-electron chi connectivity index (χ1n) is 11.7. The summed E-state index contributed by atoms with van der Waals surface area (Å²) in [5, 5.41) is 0.193. The van der Waals surface area contributed by atoms with Gasteiger partial charge in [-0.3, -0.25) is 9.59 Å². The van der Waals surface area contributed by atoms with E-state index >= 15 is 0 Å². The molecule has 0 heterocycles. The number of hydrogen-bond acceptors (Lipinski definition) is 2. The number of rotatable bonds is 7. The summed E-state index contributed by atoms with van der Waals surface area (Å²) >= 11 is 6.44. The molecular formula is C32H20ClF2O2S+. The van der Waals surface area contributed by atoms with Crippen LogP contribution in [0.2, 0.25) is 5.02 Å². The molecule has 186 valence electrons. The molecule has 0 bridgehead atoms. The van der Waals surface area contributed by atoms with Gasteiger partial charge in [0.1, 0.15) is 11.6 Å². The van der Waals surface area contributed by atoms with Gasteiger partial charge < -0.3 is 0 Å². The molecule has 0 unspecified atom stereocenters. The molecule has 0 atom stereocenters. The highest BCUT2D eigenvalue weighted by Crippen LogP contribution is 2.32. The van der Waals surface area contributed by atoms with E-state index in [0.29, 0.717) is 22.3 Å². The van der Waals surface area contributed by atoms with Crippen molar-refractivity contribution in [3.63, 3.8) is 0 Å². The van der Waals surface area contributed by atoms with Gasteiger partial charge >= 0.3 is 0 Å². The summed E-state index contributed by atoms with van der Waals surface area (Å²) in [7, 11) is -0.636. The van der Waals surface area contributed by atoms with E-state index in [-0.39, 0.29) is 28.2 Å². The van der Waals surface area contributed by atoms with Gasteiger partial charge in [0, 0.05) is 22.3 Å². The number of ketones is 2. The highest BCUT2D eigenvalue weighted by Gasteiger charge is 2.29. The molecule has 0 fully saturated rings. The van der Waals surface area contributed by atoms with Crippen molar-refractivity contribution in [3.8, 4) is 0 Å². The molecule has 5 aromatic carbocycles. The smallest absolute Gasteiger partial charge is 0.194 e. The second-order valence-corrected chi connectivity index (χ2v) is 10.9. The van der Waals surface area contributed by atoms with E-state index < -0.39 is 10.9 Å². The van der Waals surface area contributed by atoms with Crippen molar-refractivity contribution in [2.24, 2.45) is 0 Å². The minimum absolute atomic E-state index is 0.176. The van der Waals surface area contributed by atoms with E-state index in [4.69, 9.17) is 11.6 Å². The topological polar surface area (TPSA) is 34.1 Å². The molecule has 0 aliphatic heterocycles. The second kappa shape index (κ2) is 11.1. The van der Waals surface area contributed by atoms with Gasteiger partial charge in [0.25, 0.3) is 0 Å². The monoisotopic (exact) mass is 541 g/mol. The van der Waals surface area contributed by atoms with Crippen LogP contribution in [0.5, 0.6) is 0 Å². The van der Waals surface area contributed by atoms with Crippen molar-refractivity contribution < 1.29 is 18.4 Å². The summed E-state index contributed by atoms with van der Waals surface area (Å²) in [6, 6.07) is 33.0. The van der Waals surface area contributed by atoms with Gasteiger partial charge in [0.2, 0.25) is 0 Å². The number of hydrogen-bond donors (Lipinski definition) is 0. The van der Waals surface area contributed by atoms with Gasteiger partial charge in [-0.15, -0.1) is 0 Å².